The predicted molar refractivity (Wildman–Crippen MR) is 112 cm³/mol. The normalized spacial score (nSPS) is 16.6. The van der Waals surface area contributed by atoms with Gasteiger partial charge >= 0.3 is 0 Å². The van der Waals surface area contributed by atoms with Crippen molar-refractivity contribution in [2.75, 3.05) is 39.1 Å². The molecule has 1 aliphatic rings. The third kappa shape index (κ3) is 5.52. The number of carbonyl (C=O) groups excluding carboxylic acids is 1. The van der Waals surface area contributed by atoms with Crippen LogP contribution in [0.3, 0.4) is 0 Å². The summed E-state index contributed by atoms with van der Waals surface area (Å²) in [7, 11) is 5.81. The maximum absolute atomic E-state index is 12.6. The highest BCUT2D eigenvalue weighted by atomic mass is 16.2. The Labute approximate surface area is 168 Å². The van der Waals surface area contributed by atoms with E-state index in [4.69, 9.17) is 4.98 Å². The van der Waals surface area contributed by atoms with E-state index in [-0.39, 0.29) is 5.91 Å². The third-order valence-corrected chi connectivity index (χ3v) is 5.23. The minimum absolute atomic E-state index is 0.114. The summed E-state index contributed by atoms with van der Waals surface area (Å²) in [6.07, 6.45) is 3.55. The molecule has 0 radical (unpaired) electrons. The molecule has 0 bridgehead atoms. The third-order valence-electron chi connectivity index (χ3n) is 5.23. The average Bonchev–Trinajstić information content (AvgIpc) is 2.73. The van der Waals surface area contributed by atoms with Crippen LogP contribution in [-0.4, -0.2) is 55.0 Å². The molecule has 0 aliphatic carbocycles. The molecule has 2 aromatic rings. The van der Waals surface area contributed by atoms with Crippen LogP contribution < -0.4 is 10.2 Å². The molecule has 6 heteroatoms. The van der Waals surface area contributed by atoms with Crippen LogP contribution in [-0.2, 0) is 17.8 Å². The maximum atomic E-state index is 12.6. The van der Waals surface area contributed by atoms with Gasteiger partial charge < -0.3 is 15.1 Å². The summed E-state index contributed by atoms with van der Waals surface area (Å²) in [5, 5.41) is 3.45. The van der Waals surface area contributed by atoms with E-state index < -0.39 is 0 Å². The van der Waals surface area contributed by atoms with Crippen molar-refractivity contribution in [3.8, 4) is 0 Å². The van der Waals surface area contributed by atoms with Crippen molar-refractivity contribution in [3.05, 3.63) is 53.5 Å². The smallest absolute Gasteiger partial charge is 0.223 e. The van der Waals surface area contributed by atoms with Crippen LogP contribution in [0.1, 0.15) is 42.3 Å². The first-order chi connectivity index (χ1) is 13.5. The summed E-state index contributed by atoms with van der Waals surface area (Å²) in [5.41, 5.74) is 2.26. The molecule has 1 aromatic heterocycles. The Morgan fingerprint density at radius 3 is 2.64 bits per heavy atom. The fourth-order valence-corrected chi connectivity index (χ4v) is 3.50. The van der Waals surface area contributed by atoms with E-state index in [1.165, 1.54) is 12.0 Å². The zero-order valence-corrected chi connectivity index (χ0v) is 17.2. The number of hydrogen-bond acceptors (Lipinski definition) is 5. The standard InChI is InChI=1S/C22H31N5O/c1-26(2)21-14-19(18-10-7-13-23-15-18)24-20(25-21)16-27(3)22(28)12-11-17-8-5-4-6-9-17/h4-6,8-9,14,18,23H,7,10-13,15-16H2,1-3H3/t18-/m0/s1. The fourth-order valence-electron chi connectivity index (χ4n) is 3.50. The van der Waals surface area contributed by atoms with Crippen molar-refractivity contribution >= 4 is 11.7 Å². The number of piperidine rings is 1. The van der Waals surface area contributed by atoms with Gasteiger partial charge in [-0.2, -0.15) is 0 Å². The van der Waals surface area contributed by atoms with Crippen molar-refractivity contribution in [1.29, 1.82) is 0 Å². The van der Waals surface area contributed by atoms with Crippen molar-refractivity contribution < 1.29 is 4.79 Å². The van der Waals surface area contributed by atoms with Crippen LogP contribution in [0.5, 0.6) is 0 Å². The van der Waals surface area contributed by atoms with Crippen LogP contribution in [0.25, 0.3) is 0 Å². The van der Waals surface area contributed by atoms with Gasteiger partial charge in [0.15, 0.2) is 0 Å². The van der Waals surface area contributed by atoms with Gasteiger partial charge in [0.1, 0.15) is 11.6 Å². The van der Waals surface area contributed by atoms with Crippen molar-refractivity contribution in [1.82, 2.24) is 20.2 Å². The number of aromatic nitrogens is 2. The molecule has 28 heavy (non-hydrogen) atoms. The van der Waals surface area contributed by atoms with Gasteiger partial charge in [0, 0.05) is 46.1 Å². The number of carbonyl (C=O) groups is 1. The molecule has 0 unspecified atom stereocenters. The number of amides is 1. The summed E-state index contributed by atoms with van der Waals surface area (Å²) >= 11 is 0. The Kier molecular flexibility index (Phi) is 6.98. The molecule has 1 aliphatic heterocycles. The minimum atomic E-state index is 0.114. The Bertz CT molecular complexity index is 772. The topological polar surface area (TPSA) is 61.4 Å². The lowest BCUT2D eigenvalue weighted by molar-refractivity contribution is -0.130. The van der Waals surface area contributed by atoms with E-state index in [2.05, 4.69) is 28.5 Å². The monoisotopic (exact) mass is 381 g/mol. The SMILES string of the molecule is CN(Cc1nc([C@H]2CCCNC2)cc(N(C)C)n1)C(=O)CCc1ccccc1. The molecule has 1 aromatic carbocycles. The van der Waals surface area contributed by atoms with E-state index >= 15 is 0 Å². The van der Waals surface area contributed by atoms with Gasteiger partial charge in [-0.15, -0.1) is 0 Å². The van der Waals surface area contributed by atoms with Gasteiger partial charge in [0.05, 0.1) is 12.2 Å². The second-order valence-electron chi connectivity index (χ2n) is 7.74. The number of anilines is 1. The molecule has 1 fully saturated rings. The Morgan fingerprint density at radius 1 is 1.18 bits per heavy atom. The molecule has 6 nitrogen and oxygen atoms in total. The van der Waals surface area contributed by atoms with E-state index in [1.807, 2.05) is 44.2 Å². The average molecular weight is 382 g/mol. The van der Waals surface area contributed by atoms with Crippen LogP contribution in [0.4, 0.5) is 5.82 Å². The van der Waals surface area contributed by atoms with Crippen LogP contribution in [0.15, 0.2) is 36.4 Å². The Hall–Kier alpha value is -2.47. The maximum Gasteiger partial charge on any atom is 0.223 e. The number of benzene rings is 1. The van der Waals surface area contributed by atoms with Gasteiger partial charge in [-0.3, -0.25) is 4.79 Å². The minimum Gasteiger partial charge on any atom is -0.363 e. The Balaban J connectivity index is 1.67. The van der Waals surface area contributed by atoms with Crippen molar-refractivity contribution in [2.24, 2.45) is 0 Å². The molecule has 1 amide bonds. The molecule has 1 saturated heterocycles. The molecule has 1 N–H and O–H groups in total. The summed E-state index contributed by atoms with van der Waals surface area (Å²) in [6, 6.07) is 12.2. The molecule has 3 rings (SSSR count). The quantitative estimate of drug-likeness (QED) is 0.799. The second kappa shape index (κ2) is 9.64. The number of nitrogens with zero attached hydrogens (tertiary/aromatic N) is 4. The first-order valence-corrected chi connectivity index (χ1v) is 10.1. The summed E-state index contributed by atoms with van der Waals surface area (Å²) < 4.78 is 0. The summed E-state index contributed by atoms with van der Waals surface area (Å²) in [6.45, 7) is 2.46. The van der Waals surface area contributed by atoms with E-state index in [1.54, 1.807) is 4.90 Å². The second-order valence-corrected chi connectivity index (χ2v) is 7.74. The fraction of sp³-hybridized carbons (Fsp3) is 0.500. The summed E-state index contributed by atoms with van der Waals surface area (Å²) in [5.74, 6) is 2.13. The zero-order valence-electron chi connectivity index (χ0n) is 17.2. The molecule has 1 atom stereocenters. The van der Waals surface area contributed by atoms with Crippen molar-refractivity contribution in [3.63, 3.8) is 0 Å². The van der Waals surface area contributed by atoms with Gasteiger partial charge in [-0.25, -0.2) is 9.97 Å². The van der Waals surface area contributed by atoms with Gasteiger partial charge in [-0.05, 0) is 31.4 Å². The molecular weight excluding hydrogens is 350 g/mol. The van der Waals surface area contributed by atoms with Crippen LogP contribution in [0, 0.1) is 0 Å². The first kappa shape index (κ1) is 20.3. The van der Waals surface area contributed by atoms with Gasteiger partial charge in [-0.1, -0.05) is 30.3 Å². The largest absolute Gasteiger partial charge is 0.363 e. The number of nitrogens with one attached hydrogen (secondary N) is 1. The van der Waals surface area contributed by atoms with E-state index in [9.17, 15) is 4.79 Å². The molecule has 150 valence electrons. The predicted octanol–water partition coefficient (Wildman–Crippen LogP) is 2.60. The van der Waals surface area contributed by atoms with Crippen molar-refractivity contribution in [2.45, 2.75) is 38.1 Å². The number of hydrogen-bond donors (Lipinski definition) is 1. The molecular formula is C22H31N5O. The Morgan fingerprint density at radius 2 is 1.96 bits per heavy atom. The number of rotatable bonds is 7. The molecule has 0 saturated carbocycles. The summed E-state index contributed by atoms with van der Waals surface area (Å²) in [4.78, 5) is 25.8. The van der Waals surface area contributed by atoms with Crippen LogP contribution >= 0.6 is 0 Å². The highest BCUT2D eigenvalue weighted by Gasteiger charge is 2.20. The lowest BCUT2D eigenvalue weighted by atomic mass is 9.96. The highest BCUT2D eigenvalue weighted by Crippen LogP contribution is 2.24. The zero-order chi connectivity index (χ0) is 19.9. The first-order valence-electron chi connectivity index (χ1n) is 10.1. The van der Waals surface area contributed by atoms with E-state index in [0.717, 1.165) is 37.4 Å². The lowest BCUT2D eigenvalue weighted by Crippen LogP contribution is -2.30. The van der Waals surface area contributed by atoms with E-state index in [0.29, 0.717) is 24.7 Å². The lowest BCUT2D eigenvalue weighted by Gasteiger charge is -2.24. The van der Waals surface area contributed by atoms with Crippen LogP contribution in [0.2, 0.25) is 0 Å². The molecule has 2 heterocycles. The van der Waals surface area contributed by atoms with Gasteiger partial charge in [0.25, 0.3) is 0 Å². The van der Waals surface area contributed by atoms with Gasteiger partial charge in [0.2, 0.25) is 5.91 Å². The number of aryl methyl sites for hydroxylation is 1. The highest BCUT2D eigenvalue weighted by molar-refractivity contribution is 5.76. The molecule has 0 spiro atoms.